The highest BCUT2D eigenvalue weighted by molar-refractivity contribution is 6.35. The number of methoxy groups -OCH3 is 2. The zero-order valence-electron chi connectivity index (χ0n) is 21.2. The van der Waals surface area contributed by atoms with Gasteiger partial charge in [0.05, 0.1) is 37.2 Å². The van der Waals surface area contributed by atoms with Gasteiger partial charge in [-0.05, 0) is 29.2 Å². The van der Waals surface area contributed by atoms with Gasteiger partial charge in [0.1, 0.15) is 17.1 Å². The molecule has 196 valence electrons. The summed E-state index contributed by atoms with van der Waals surface area (Å²) >= 11 is 13.0. The highest BCUT2D eigenvalue weighted by Gasteiger charge is 2.48. The van der Waals surface area contributed by atoms with Crippen LogP contribution in [0.4, 0.5) is 11.4 Å². The fourth-order valence-electron chi connectivity index (χ4n) is 4.89. The van der Waals surface area contributed by atoms with Crippen molar-refractivity contribution < 1.29 is 14.3 Å². The van der Waals surface area contributed by atoms with E-state index < -0.39 is 17.5 Å². The Morgan fingerprint density at radius 2 is 1.92 bits per heavy atom. The summed E-state index contributed by atoms with van der Waals surface area (Å²) in [6, 6.07) is 4.66. The van der Waals surface area contributed by atoms with Crippen LogP contribution in [-0.4, -0.2) is 40.4 Å². The summed E-state index contributed by atoms with van der Waals surface area (Å²) in [6.45, 7) is 3.86. The number of aryl methyl sites for hydroxylation is 1. The predicted molar refractivity (Wildman–Crippen MR) is 146 cm³/mol. The van der Waals surface area contributed by atoms with Gasteiger partial charge in [0.15, 0.2) is 0 Å². The van der Waals surface area contributed by atoms with Gasteiger partial charge in [-0.1, -0.05) is 43.1 Å². The highest BCUT2D eigenvalue weighted by Crippen LogP contribution is 2.52. The molecular formula is C26H24Cl2N6O4. The number of carbonyl (C=O) groups excluding carboxylic acids is 1. The van der Waals surface area contributed by atoms with Crippen LogP contribution in [-0.2, 0) is 11.8 Å². The molecule has 0 saturated carbocycles. The first kappa shape index (κ1) is 25.7. The van der Waals surface area contributed by atoms with E-state index in [1.54, 1.807) is 19.2 Å². The first-order valence-electron chi connectivity index (χ1n) is 11.6. The van der Waals surface area contributed by atoms with E-state index in [1.807, 2.05) is 19.9 Å². The van der Waals surface area contributed by atoms with Crippen LogP contribution in [0, 0.1) is 5.92 Å². The third-order valence-corrected chi connectivity index (χ3v) is 7.07. The van der Waals surface area contributed by atoms with Crippen molar-refractivity contribution >= 4 is 46.2 Å². The van der Waals surface area contributed by atoms with Crippen molar-refractivity contribution in [3.05, 3.63) is 67.8 Å². The summed E-state index contributed by atoms with van der Waals surface area (Å²) < 4.78 is 11.8. The number of hydrogen-bond donors (Lipinski definition) is 1. The second kappa shape index (κ2) is 9.45. The van der Waals surface area contributed by atoms with Gasteiger partial charge >= 0.3 is 6.01 Å². The number of aromatic nitrogens is 3. The third-order valence-electron chi connectivity index (χ3n) is 6.55. The Bertz CT molecular complexity index is 1630. The minimum Gasteiger partial charge on any atom is -0.479 e. The zero-order chi connectivity index (χ0) is 27.5. The van der Waals surface area contributed by atoms with Crippen molar-refractivity contribution in [1.29, 1.82) is 0 Å². The van der Waals surface area contributed by atoms with Crippen LogP contribution in [0.2, 0.25) is 10.0 Å². The first-order valence-corrected chi connectivity index (χ1v) is 12.4. The van der Waals surface area contributed by atoms with Crippen molar-refractivity contribution in [3.63, 3.8) is 0 Å². The van der Waals surface area contributed by atoms with Gasteiger partial charge in [-0.15, -0.1) is 0 Å². The molecule has 12 heteroatoms. The Morgan fingerprint density at radius 1 is 1.18 bits per heavy atom. The minimum absolute atomic E-state index is 0.0216. The van der Waals surface area contributed by atoms with Gasteiger partial charge in [-0.2, -0.15) is 4.98 Å². The lowest BCUT2D eigenvalue weighted by molar-refractivity contribution is -0.114. The molecule has 0 bridgehead atoms. The molecule has 0 saturated heterocycles. The summed E-state index contributed by atoms with van der Waals surface area (Å²) in [5.74, 6) is -0.517. The van der Waals surface area contributed by atoms with Crippen molar-refractivity contribution in [2.75, 3.05) is 19.1 Å². The van der Waals surface area contributed by atoms with E-state index in [1.165, 1.54) is 36.1 Å². The lowest BCUT2D eigenvalue weighted by Gasteiger charge is -2.36. The van der Waals surface area contributed by atoms with Crippen molar-refractivity contribution in [2.45, 2.75) is 19.9 Å². The molecule has 0 radical (unpaired) electrons. The minimum atomic E-state index is -0.736. The zero-order valence-corrected chi connectivity index (χ0v) is 22.8. The van der Waals surface area contributed by atoms with Crippen LogP contribution < -0.4 is 25.7 Å². The molecule has 10 nitrogen and oxygen atoms in total. The molecule has 1 unspecified atom stereocenters. The SMILES string of the molecule is COc1ncc(N=C(C2=C(N)C(=O)N3c4c(c(Cl)cn(C)c4=O)-c4cc(Cl)ccc4C23)C(C)C)c(OC)n1. The number of halogens is 2. The Labute approximate surface area is 228 Å². The van der Waals surface area contributed by atoms with Gasteiger partial charge < -0.3 is 19.8 Å². The van der Waals surface area contributed by atoms with E-state index in [0.29, 0.717) is 43.7 Å². The number of carbonyl (C=O) groups is 1. The number of nitrogens with two attached hydrogens (primary N) is 1. The largest absolute Gasteiger partial charge is 0.479 e. The molecule has 1 atom stereocenters. The molecule has 1 amide bonds. The molecule has 3 aromatic rings. The van der Waals surface area contributed by atoms with Crippen LogP contribution in [0.15, 0.2) is 51.6 Å². The molecule has 2 aliphatic heterocycles. The average Bonchev–Trinajstić information content (AvgIpc) is 3.14. The van der Waals surface area contributed by atoms with E-state index in [9.17, 15) is 9.59 Å². The summed E-state index contributed by atoms with van der Waals surface area (Å²) in [7, 11) is 4.48. The maximum atomic E-state index is 13.8. The molecule has 4 heterocycles. The fraction of sp³-hybridized carbons (Fsp3) is 0.269. The van der Waals surface area contributed by atoms with Crippen LogP contribution in [0.25, 0.3) is 11.1 Å². The van der Waals surface area contributed by atoms with E-state index in [4.69, 9.17) is 43.4 Å². The summed E-state index contributed by atoms with van der Waals surface area (Å²) in [6.07, 6.45) is 2.99. The second-order valence-corrected chi connectivity index (χ2v) is 10.00. The first-order chi connectivity index (χ1) is 18.1. The molecule has 2 aromatic heterocycles. The molecule has 5 rings (SSSR count). The quantitative estimate of drug-likeness (QED) is 0.468. The number of rotatable bonds is 5. The number of ether oxygens (including phenoxy) is 2. The van der Waals surface area contributed by atoms with Gasteiger partial charge in [-0.25, -0.2) is 9.98 Å². The van der Waals surface area contributed by atoms with Gasteiger partial charge in [0.25, 0.3) is 11.5 Å². The summed E-state index contributed by atoms with van der Waals surface area (Å²) in [4.78, 5) is 41.8. The van der Waals surface area contributed by atoms with E-state index in [0.717, 1.165) is 0 Å². The monoisotopic (exact) mass is 554 g/mol. The molecule has 2 N–H and O–H groups in total. The normalized spacial score (nSPS) is 16.5. The maximum Gasteiger partial charge on any atom is 0.319 e. The smallest absolute Gasteiger partial charge is 0.319 e. The van der Waals surface area contributed by atoms with Crippen LogP contribution in [0.3, 0.4) is 0 Å². The lowest BCUT2D eigenvalue weighted by atomic mass is 9.83. The molecule has 2 aliphatic rings. The average molecular weight is 555 g/mol. The van der Waals surface area contributed by atoms with Crippen molar-refractivity contribution in [1.82, 2.24) is 14.5 Å². The van der Waals surface area contributed by atoms with E-state index in [2.05, 4.69) is 9.97 Å². The van der Waals surface area contributed by atoms with Gasteiger partial charge in [-0.3, -0.25) is 14.5 Å². The standard InChI is InChI=1S/C26H24Cl2N6O4/c1-11(2)20(31-16-9-30-26(38-5)32-23(16)37-4)18-19(29)24(35)34-21(18)13-7-6-12(27)8-14(13)17-15(28)10-33(3)25(36)22(17)34/h6-11,21H,29H2,1-5H3. The molecule has 0 spiro atoms. The molecule has 38 heavy (non-hydrogen) atoms. The van der Waals surface area contributed by atoms with Crippen LogP contribution in [0.5, 0.6) is 11.9 Å². The fourth-order valence-corrected chi connectivity index (χ4v) is 5.40. The molecular weight excluding hydrogens is 531 g/mol. The molecule has 0 aliphatic carbocycles. The van der Waals surface area contributed by atoms with Crippen LogP contribution >= 0.6 is 23.2 Å². The number of fused-ring (bicyclic) bond motifs is 6. The Morgan fingerprint density at radius 3 is 2.58 bits per heavy atom. The molecule has 0 fully saturated rings. The lowest BCUT2D eigenvalue weighted by Crippen LogP contribution is -2.40. The predicted octanol–water partition coefficient (Wildman–Crippen LogP) is 4.21. The van der Waals surface area contributed by atoms with Crippen molar-refractivity contribution in [3.8, 4) is 23.0 Å². The number of hydrogen-bond acceptors (Lipinski definition) is 8. The van der Waals surface area contributed by atoms with Gasteiger partial charge in [0.2, 0.25) is 5.88 Å². The third kappa shape index (κ3) is 3.83. The van der Waals surface area contributed by atoms with Gasteiger partial charge in [0, 0.05) is 29.4 Å². The van der Waals surface area contributed by atoms with E-state index >= 15 is 0 Å². The summed E-state index contributed by atoms with van der Waals surface area (Å²) in [5.41, 5.74) is 9.34. The highest BCUT2D eigenvalue weighted by atomic mass is 35.5. The number of aliphatic imine (C=N–C) groups is 1. The topological polar surface area (TPSA) is 125 Å². The number of nitrogens with zero attached hydrogens (tertiary/aromatic N) is 5. The Hall–Kier alpha value is -3.89. The number of benzene rings is 1. The summed E-state index contributed by atoms with van der Waals surface area (Å²) in [5, 5.41) is 0.766. The Balaban J connectivity index is 1.80. The van der Waals surface area contributed by atoms with E-state index in [-0.39, 0.29) is 29.2 Å². The van der Waals surface area contributed by atoms with Crippen molar-refractivity contribution in [2.24, 2.45) is 23.7 Å². The number of amides is 1. The van der Waals surface area contributed by atoms with Crippen LogP contribution in [0.1, 0.15) is 25.5 Å². The maximum absolute atomic E-state index is 13.8. The number of anilines is 1. The molecule has 1 aromatic carbocycles. The second-order valence-electron chi connectivity index (χ2n) is 9.16. The number of pyridine rings is 1. The Kier molecular flexibility index (Phi) is 6.40.